The van der Waals surface area contributed by atoms with Gasteiger partial charge in [0, 0.05) is 11.9 Å². The lowest BCUT2D eigenvalue weighted by atomic mass is 10.1. The molecule has 1 amide bonds. The number of fused-ring (bicyclic) bond motifs is 1. The fourth-order valence-electron chi connectivity index (χ4n) is 3.88. The van der Waals surface area contributed by atoms with Crippen LogP contribution in [0.15, 0.2) is 54.7 Å². The van der Waals surface area contributed by atoms with Gasteiger partial charge in [-0.1, -0.05) is 31.5 Å². The van der Waals surface area contributed by atoms with Crippen molar-refractivity contribution in [2.45, 2.75) is 26.1 Å². The maximum atomic E-state index is 13.7. The maximum absolute atomic E-state index is 13.7. The second kappa shape index (κ2) is 10.9. The Balaban J connectivity index is 1.67. The number of rotatable bonds is 7. The van der Waals surface area contributed by atoms with E-state index in [0.29, 0.717) is 16.5 Å². The largest absolute Gasteiger partial charge is 0.493 e. The van der Waals surface area contributed by atoms with Gasteiger partial charge in [-0.15, -0.1) is 0 Å². The van der Waals surface area contributed by atoms with Crippen molar-refractivity contribution in [2.24, 2.45) is 5.92 Å². The number of alkyl halides is 3. The topological polar surface area (TPSA) is 83.9 Å². The highest BCUT2D eigenvalue weighted by Gasteiger charge is 2.36. The smallest absolute Gasteiger partial charge is 0.420 e. The van der Waals surface area contributed by atoms with Crippen LogP contribution in [0.1, 0.15) is 29.8 Å². The summed E-state index contributed by atoms with van der Waals surface area (Å²) in [7, 11) is 0. The van der Waals surface area contributed by atoms with E-state index < -0.39 is 23.7 Å². The molecule has 2 aromatic carbocycles. The summed E-state index contributed by atoms with van der Waals surface area (Å²) in [5, 5.41) is 12.8. The number of aliphatic hydroxyl groups is 1. The van der Waals surface area contributed by atoms with Gasteiger partial charge in [0.2, 0.25) is 0 Å². The molecule has 1 unspecified atom stereocenters. The Kier molecular flexibility index (Phi) is 7.79. The van der Waals surface area contributed by atoms with E-state index >= 15 is 0 Å². The second-order valence-corrected chi connectivity index (χ2v) is 9.25. The summed E-state index contributed by atoms with van der Waals surface area (Å²) < 4.78 is 52.2. The molecule has 0 bridgehead atoms. The summed E-state index contributed by atoms with van der Waals surface area (Å²) >= 11 is 6.35. The highest BCUT2D eigenvalue weighted by molar-refractivity contribution is 6.33. The van der Waals surface area contributed by atoms with E-state index in [1.54, 1.807) is 35.4 Å². The summed E-state index contributed by atoms with van der Waals surface area (Å²) in [4.78, 5) is 19.2. The summed E-state index contributed by atoms with van der Waals surface area (Å²) in [6.45, 7) is 3.54. The SMILES string of the molecule is CC(C)COc1ccc(NC(=O)c2cccc3c2OCC(CO)N3c2ncccc2Cl)cc1C(F)(F)F. The molecule has 0 saturated heterocycles. The summed E-state index contributed by atoms with van der Waals surface area (Å²) in [5.41, 5.74) is -0.508. The van der Waals surface area contributed by atoms with Crippen LogP contribution >= 0.6 is 11.6 Å². The molecular weight excluding hydrogens is 511 g/mol. The van der Waals surface area contributed by atoms with E-state index in [1.165, 1.54) is 18.2 Å². The first kappa shape index (κ1) is 26.6. The standard InChI is InChI=1S/C26H25ClF3N3O4/c1-15(2)13-36-22-9-8-16(11-19(22)26(28,29)30)32-25(35)18-5-3-7-21-23(18)37-14-17(12-34)33(21)24-20(27)6-4-10-31-24/h3-11,15,17,34H,12-14H2,1-2H3,(H,32,35). The number of carbonyl (C=O) groups is 1. The van der Waals surface area contributed by atoms with Gasteiger partial charge in [0.15, 0.2) is 11.6 Å². The van der Waals surface area contributed by atoms with Crippen molar-refractivity contribution in [1.29, 1.82) is 0 Å². The molecule has 1 atom stereocenters. The lowest BCUT2D eigenvalue weighted by Crippen LogP contribution is -2.43. The lowest BCUT2D eigenvalue weighted by molar-refractivity contribution is -0.139. The van der Waals surface area contributed by atoms with Crippen molar-refractivity contribution in [1.82, 2.24) is 4.98 Å². The molecule has 11 heteroatoms. The van der Waals surface area contributed by atoms with Gasteiger partial charge in [-0.05, 0) is 48.4 Å². The molecule has 4 rings (SSSR count). The van der Waals surface area contributed by atoms with Gasteiger partial charge in [0.05, 0.1) is 41.1 Å². The van der Waals surface area contributed by atoms with Gasteiger partial charge in [-0.2, -0.15) is 13.2 Å². The molecule has 1 aliphatic heterocycles. The van der Waals surface area contributed by atoms with Crippen molar-refractivity contribution in [3.05, 3.63) is 70.9 Å². The molecule has 0 radical (unpaired) electrons. The number of benzene rings is 2. The molecule has 37 heavy (non-hydrogen) atoms. The van der Waals surface area contributed by atoms with Crippen LogP contribution < -0.4 is 19.7 Å². The minimum atomic E-state index is -4.68. The van der Waals surface area contributed by atoms with Crippen LogP contribution in [0.5, 0.6) is 11.5 Å². The average Bonchev–Trinajstić information content (AvgIpc) is 2.86. The second-order valence-electron chi connectivity index (χ2n) is 8.85. The minimum Gasteiger partial charge on any atom is -0.493 e. The molecule has 3 aromatic rings. The fraction of sp³-hybridized carbons (Fsp3) is 0.308. The van der Waals surface area contributed by atoms with Crippen LogP contribution in [0, 0.1) is 5.92 Å². The number of pyridine rings is 1. The number of nitrogens with one attached hydrogen (secondary N) is 1. The van der Waals surface area contributed by atoms with Crippen LogP contribution in [-0.2, 0) is 6.18 Å². The molecule has 1 aliphatic rings. The number of nitrogens with zero attached hydrogens (tertiary/aromatic N) is 2. The Morgan fingerprint density at radius 1 is 1.27 bits per heavy atom. The summed E-state index contributed by atoms with van der Waals surface area (Å²) in [6, 6.07) is 10.9. The van der Waals surface area contributed by atoms with E-state index in [9.17, 15) is 23.1 Å². The zero-order chi connectivity index (χ0) is 26.7. The van der Waals surface area contributed by atoms with E-state index in [0.717, 1.165) is 6.07 Å². The molecule has 196 valence electrons. The monoisotopic (exact) mass is 535 g/mol. The van der Waals surface area contributed by atoms with E-state index in [1.807, 2.05) is 13.8 Å². The molecule has 7 nitrogen and oxygen atoms in total. The number of amides is 1. The number of hydrogen-bond donors (Lipinski definition) is 2. The lowest BCUT2D eigenvalue weighted by Gasteiger charge is -2.37. The van der Waals surface area contributed by atoms with Crippen LogP contribution in [0.2, 0.25) is 5.02 Å². The van der Waals surface area contributed by atoms with Crippen molar-refractivity contribution >= 4 is 34.7 Å². The van der Waals surface area contributed by atoms with Crippen molar-refractivity contribution in [2.75, 3.05) is 30.0 Å². The first-order chi connectivity index (χ1) is 17.6. The third-order valence-corrected chi connectivity index (χ3v) is 5.87. The van der Waals surface area contributed by atoms with Gasteiger partial charge >= 0.3 is 6.18 Å². The first-order valence-corrected chi connectivity index (χ1v) is 11.9. The van der Waals surface area contributed by atoms with Crippen LogP contribution in [0.4, 0.5) is 30.4 Å². The van der Waals surface area contributed by atoms with Gasteiger partial charge in [0.1, 0.15) is 12.4 Å². The van der Waals surface area contributed by atoms with Crippen molar-refractivity contribution in [3.63, 3.8) is 0 Å². The number of aliphatic hydroxyl groups excluding tert-OH is 1. The number of aromatic nitrogens is 1. The summed E-state index contributed by atoms with van der Waals surface area (Å²) in [6.07, 6.45) is -3.13. The Bertz CT molecular complexity index is 1290. The predicted octanol–water partition coefficient (Wildman–Crippen LogP) is 5.93. The fourth-order valence-corrected chi connectivity index (χ4v) is 4.09. The zero-order valence-electron chi connectivity index (χ0n) is 20.1. The quantitative estimate of drug-likeness (QED) is 0.390. The van der Waals surface area contributed by atoms with Crippen LogP contribution in [0.25, 0.3) is 0 Å². The first-order valence-electron chi connectivity index (χ1n) is 11.5. The molecule has 2 N–H and O–H groups in total. The normalized spacial score (nSPS) is 15.2. The number of carbonyl (C=O) groups excluding carboxylic acids is 1. The molecule has 0 saturated carbocycles. The molecule has 0 fully saturated rings. The molecule has 0 spiro atoms. The Morgan fingerprint density at radius 3 is 2.73 bits per heavy atom. The highest BCUT2D eigenvalue weighted by Crippen LogP contribution is 2.43. The minimum absolute atomic E-state index is 0.0286. The molecule has 2 heterocycles. The van der Waals surface area contributed by atoms with E-state index in [-0.39, 0.29) is 48.5 Å². The van der Waals surface area contributed by atoms with Crippen molar-refractivity contribution in [3.8, 4) is 11.5 Å². The average molecular weight is 536 g/mol. The van der Waals surface area contributed by atoms with Crippen LogP contribution in [-0.4, -0.2) is 41.9 Å². The molecule has 0 aliphatic carbocycles. The number of hydrogen-bond acceptors (Lipinski definition) is 6. The maximum Gasteiger partial charge on any atom is 0.420 e. The van der Waals surface area contributed by atoms with Crippen molar-refractivity contribution < 1.29 is 32.5 Å². The Morgan fingerprint density at radius 2 is 2.05 bits per heavy atom. The number of ether oxygens (including phenoxy) is 2. The third kappa shape index (κ3) is 5.75. The van der Waals surface area contributed by atoms with Gasteiger partial charge in [-0.25, -0.2) is 4.98 Å². The van der Waals surface area contributed by atoms with E-state index in [2.05, 4.69) is 10.3 Å². The van der Waals surface area contributed by atoms with Gasteiger partial charge in [0.25, 0.3) is 5.91 Å². The summed E-state index contributed by atoms with van der Waals surface area (Å²) in [5.74, 6) is -0.375. The number of anilines is 3. The Labute approximate surface area is 216 Å². The number of halogens is 4. The zero-order valence-corrected chi connectivity index (χ0v) is 20.8. The molecular formula is C26H25ClF3N3O4. The predicted molar refractivity (Wildman–Crippen MR) is 134 cm³/mol. The number of para-hydroxylation sites is 1. The van der Waals surface area contributed by atoms with Gasteiger partial charge in [-0.3, -0.25) is 4.79 Å². The Hall–Kier alpha value is -3.50. The van der Waals surface area contributed by atoms with Gasteiger partial charge < -0.3 is 24.8 Å². The third-order valence-electron chi connectivity index (χ3n) is 5.58. The molecule has 1 aromatic heterocycles. The highest BCUT2D eigenvalue weighted by atomic mass is 35.5. The van der Waals surface area contributed by atoms with Crippen LogP contribution in [0.3, 0.4) is 0 Å². The van der Waals surface area contributed by atoms with E-state index in [4.69, 9.17) is 21.1 Å².